The monoisotopic (exact) mass is 464 g/mol. The molecule has 0 atom stereocenters. The van der Waals surface area contributed by atoms with E-state index < -0.39 is 30.1 Å². The normalized spacial score (nSPS) is 10.8. The first kappa shape index (κ1) is 25.8. The van der Waals surface area contributed by atoms with E-state index in [2.05, 4.69) is 10.6 Å². The van der Waals surface area contributed by atoms with Crippen molar-refractivity contribution in [2.75, 3.05) is 30.4 Å². The van der Waals surface area contributed by atoms with Crippen LogP contribution in [0.3, 0.4) is 0 Å². The molecule has 0 radical (unpaired) electrons. The topological polar surface area (TPSA) is 76.7 Å². The molecule has 2 rings (SSSR count). The van der Waals surface area contributed by atoms with Crippen LogP contribution in [0.1, 0.15) is 25.0 Å². The van der Waals surface area contributed by atoms with E-state index >= 15 is 0 Å². The SMILES string of the molecule is CCOC(=O)C(=CNc1cc(CC(F)(F)F)ccc1NCCc1ccccc1)C(=O)OCC. The third-order valence-corrected chi connectivity index (χ3v) is 4.42. The summed E-state index contributed by atoms with van der Waals surface area (Å²) in [4.78, 5) is 24.3. The van der Waals surface area contributed by atoms with Crippen LogP contribution in [0.25, 0.3) is 0 Å². The van der Waals surface area contributed by atoms with Crippen molar-refractivity contribution in [1.82, 2.24) is 0 Å². The summed E-state index contributed by atoms with van der Waals surface area (Å²) in [5.41, 5.74) is 1.52. The summed E-state index contributed by atoms with van der Waals surface area (Å²) in [6, 6.07) is 13.9. The Morgan fingerprint density at radius 1 is 0.909 bits per heavy atom. The molecule has 2 aromatic carbocycles. The molecule has 0 aliphatic rings. The molecule has 0 saturated carbocycles. The van der Waals surface area contributed by atoms with Gasteiger partial charge in [0.05, 0.1) is 31.0 Å². The van der Waals surface area contributed by atoms with Crippen molar-refractivity contribution >= 4 is 23.3 Å². The first-order valence-electron chi connectivity index (χ1n) is 10.5. The number of carbonyl (C=O) groups is 2. The second-order valence-corrected chi connectivity index (χ2v) is 6.98. The van der Waals surface area contributed by atoms with Crippen LogP contribution < -0.4 is 10.6 Å². The van der Waals surface area contributed by atoms with Gasteiger partial charge < -0.3 is 20.1 Å². The van der Waals surface area contributed by atoms with Crippen molar-refractivity contribution in [3.63, 3.8) is 0 Å². The Balaban J connectivity index is 2.28. The largest absolute Gasteiger partial charge is 0.462 e. The fraction of sp³-hybridized carbons (Fsp3) is 0.333. The van der Waals surface area contributed by atoms with Crippen molar-refractivity contribution < 1.29 is 32.2 Å². The van der Waals surface area contributed by atoms with E-state index in [0.29, 0.717) is 18.7 Å². The van der Waals surface area contributed by atoms with Gasteiger partial charge in [-0.05, 0) is 43.5 Å². The van der Waals surface area contributed by atoms with Crippen molar-refractivity contribution in [2.24, 2.45) is 0 Å². The van der Waals surface area contributed by atoms with E-state index in [9.17, 15) is 22.8 Å². The van der Waals surface area contributed by atoms with Crippen LogP contribution >= 0.6 is 0 Å². The lowest BCUT2D eigenvalue weighted by molar-refractivity contribution is -0.146. The fourth-order valence-electron chi connectivity index (χ4n) is 2.96. The van der Waals surface area contributed by atoms with Gasteiger partial charge in [0.1, 0.15) is 0 Å². The molecule has 0 spiro atoms. The number of ether oxygens (including phenoxy) is 2. The number of alkyl halides is 3. The second kappa shape index (κ2) is 12.5. The third-order valence-electron chi connectivity index (χ3n) is 4.42. The fourth-order valence-corrected chi connectivity index (χ4v) is 2.96. The smallest absolute Gasteiger partial charge is 0.393 e. The molecule has 2 aromatic rings. The van der Waals surface area contributed by atoms with E-state index in [1.807, 2.05) is 30.3 Å². The number of carbonyl (C=O) groups excluding carboxylic acids is 2. The van der Waals surface area contributed by atoms with Crippen LogP contribution in [0.15, 0.2) is 60.3 Å². The third kappa shape index (κ3) is 8.88. The minimum absolute atomic E-state index is 0.0285. The summed E-state index contributed by atoms with van der Waals surface area (Å²) in [6.07, 6.45) is -3.71. The van der Waals surface area contributed by atoms with E-state index in [1.54, 1.807) is 13.8 Å². The molecule has 0 aliphatic carbocycles. The van der Waals surface area contributed by atoms with Gasteiger partial charge >= 0.3 is 18.1 Å². The molecule has 0 fully saturated rings. The van der Waals surface area contributed by atoms with Crippen LogP contribution in [0.5, 0.6) is 0 Å². The number of esters is 2. The average Bonchev–Trinajstić information content (AvgIpc) is 2.75. The van der Waals surface area contributed by atoms with Crippen molar-refractivity contribution in [3.8, 4) is 0 Å². The first-order chi connectivity index (χ1) is 15.7. The Hall–Kier alpha value is -3.49. The molecule has 0 amide bonds. The van der Waals surface area contributed by atoms with E-state index in [-0.39, 0.29) is 24.5 Å². The van der Waals surface area contributed by atoms with Gasteiger partial charge in [0.2, 0.25) is 0 Å². The maximum Gasteiger partial charge on any atom is 0.393 e. The maximum absolute atomic E-state index is 12.9. The predicted molar refractivity (Wildman–Crippen MR) is 120 cm³/mol. The summed E-state index contributed by atoms with van der Waals surface area (Å²) < 4.78 is 48.4. The van der Waals surface area contributed by atoms with Gasteiger partial charge in [-0.15, -0.1) is 0 Å². The molecular formula is C24H27F3N2O4. The van der Waals surface area contributed by atoms with E-state index in [0.717, 1.165) is 11.8 Å². The number of anilines is 2. The summed E-state index contributed by atoms with van der Waals surface area (Å²) in [6.45, 7) is 3.78. The van der Waals surface area contributed by atoms with Gasteiger partial charge in [-0.3, -0.25) is 0 Å². The molecule has 33 heavy (non-hydrogen) atoms. The van der Waals surface area contributed by atoms with Gasteiger partial charge in [-0.25, -0.2) is 9.59 Å². The minimum atomic E-state index is -4.38. The number of hydrogen-bond acceptors (Lipinski definition) is 6. The van der Waals surface area contributed by atoms with Crippen molar-refractivity contribution in [1.29, 1.82) is 0 Å². The number of halogens is 3. The summed E-state index contributed by atoms with van der Waals surface area (Å²) in [5, 5.41) is 5.95. The van der Waals surface area contributed by atoms with E-state index in [1.165, 1.54) is 18.2 Å². The minimum Gasteiger partial charge on any atom is -0.462 e. The molecule has 0 heterocycles. The molecule has 0 unspecified atom stereocenters. The highest BCUT2D eigenvalue weighted by Crippen LogP contribution is 2.28. The van der Waals surface area contributed by atoms with Gasteiger partial charge in [-0.2, -0.15) is 13.2 Å². The van der Waals surface area contributed by atoms with Crippen LogP contribution in [0.4, 0.5) is 24.5 Å². The summed E-state index contributed by atoms with van der Waals surface area (Å²) in [7, 11) is 0. The molecule has 0 bridgehead atoms. The zero-order valence-corrected chi connectivity index (χ0v) is 18.5. The van der Waals surface area contributed by atoms with Crippen LogP contribution in [-0.4, -0.2) is 37.9 Å². The Kier molecular flexibility index (Phi) is 9.78. The predicted octanol–water partition coefficient (Wildman–Crippen LogP) is 4.87. The lowest BCUT2D eigenvalue weighted by Crippen LogP contribution is -2.19. The lowest BCUT2D eigenvalue weighted by atomic mass is 10.1. The standard InChI is InChI=1S/C24H27F3N2O4/c1-3-32-22(30)19(23(31)33-4-2)16-29-21-14-18(15-24(25,26)27)10-11-20(21)28-13-12-17-8-6-5-7-9-17/h5-11,14,16,28-29H,3-4,12-13,15H2,1-2H3. The first-order valence-corrected chi connectivity index (χ1v) is 10.5. The van der Waals surface area contributed by atoms with Gasteiger partial charge in [0, 0.05) is 12.7 Å². The zero-order chi connectivity index (χ0) is 24.3. The Bertz CT molecular complexity index is 940. The van der Waals surface area contributed by atoms with Gasteiger partial charge in [0.25, 0.3) is 0 Å². The van der Waals surface area contributed by atoms with Crippen LogP contribution in [-0.2, 0) is 31.9 Å². The highest BCUT2D eigenvalue weighted by atomic mass is 19.4. The van der Waals surface area contributed by atoms with Crippen LogP contribution in [0.2, 0.25) is 0 Å². The number of rotatable bonds is 11. The number of nitrogens with one attached hydrogen (secondary N) is 2. The zero-order valence-electron chi connectivity index (χ0n) is 18.5. The molecule has 2 N–H and O–H groups in total. The molecule has 178 valence electrons. The Morgan fingerprint density at radius 2 is 1.55 bits per heavy atom. The molecule has 6 nitrogen and oxygen atoms in total. The van der Waals surface area contributed by atoms with Crippen molar-refractivity contribution in [2.45, 2.75) is 32.9 Å². The Morgan fingerprint density at radius 3 is 2.12 bits per heavy atom. The van der Waals surface area contributed by atoms with E-state index in [4.69, 9.17) is 9.47 Å². The maximum atomic E-state index is 12.9. The van der Waals surface area contributed by atoms with Crippen LogP contribution in [0, 0.1) is 0 Å². The average molecular weight is 464 g/mol. The summed E-state index contributed by atoms with van der Waals surface area (Å²) in [5.74, 6) is -1.79. The molecule has 0 saturated heterocycles. The second-order valence-electron chi connectivity index (χ2n) is 6.98. The quantitative estimate of drug-likeness (QED) is 0.214. The highest BCUT2D eigenvalue weighted by Gasteiger charge is 2.28. The molecule has 0 aliphatic heterocycles. The molecule has 0 aromatic heterocycles. The highest BCUT2D eigenvalue weighted by molar-refractivity contribution is 6.14. The lowest BCUT2D eigenvalue weighted by Gasteiger charge is -2.15. The number of benzene rings is 2. The Labute approximate surface area is 190 Å². The van der Waals surface area contributed by atoms with Gasteiger partial charge in [-0.1, -0.05) is 36.4 Å². The molecule has 9 heteroatoms. The van der Waals surface area contributed by atoms with Crippen molar-refractivity contribution in [3.05, 3.63) is 71.4 Å². The summed E-state index contributed by atoms with van der Waals surface area (Å²) >= 11 is 0. The number of hydrogen-bond donors (Lipinski definition) is 2. The molecular weight excluding hydrogens is 437 g/mol. The van der Waals surface area contributed by atoms with Gasteiger partial charge in [0.15, 0.2) is 5.57 Å².